The Labute approximate surface area is 221 Å². The molecule has 2 amide bonds. The summed E-state index contributed by atoms with van der Waals surface area (Å²) in [4.78, 5) is 53.6. The summed E-state index contributed by atoms with van der Waals surface area (Å²) >= 11 is 0. The molecule has 1 aliphatic heterocycles. The van der Waals surface area contributed by atoms with Gasteiger partial charge in [-0.1, -0.05) is 60.2 Å². The fourth-order valence-corrected chi connectivity index (χ4v) is 6.78. The third-order valence-electron chi connectivity index (χ3n) is 8.59. The van der Waals surface area contributed by atoms with Gasteiger partial charge < -0.3 is 4.74 Å². The van der Waals surface area contributed by atoms with Gasteiger partial charge in [-0.25, -0.2) is 4.79 Å². The zero-order valence-corrected chi connectivity index (χ0v) is 21.4. The summed E-state index contributed by atoms with van der Waals surface area (Å²) in [5.41, 5.74) is 3.47. The molecule has 3 aliphatic rings. The minimum atomic E-state index is -0.945. The average Bonchev–Trinajstić information content (AvgIpc) is 3.60. The van der Waals surface area contributed by atoms with Crippen molar-refractivity contribution >= 4 is 29.3 Å². The van der Waals surface area contributed by atoms with E-state index in [-0.39, 0.29) is 46.8 Å². The molecule has 6 rings (SSSR count). The number of anilines is 1. The Morgan fingerprint density at radius 3 is 2.13 bits per heavy atom. The van der Waals surface area contributed by atoms with Crippen molar-refractivity contribution in [3.8, 4) is 0 Å². The monoisotopic (exact) mass is 507 g/mol. The molecule has 2 aliphatic carbocycles. The fraction of sp³-hybridized carbons (Fsp3) is 0.312. The van der Waals surface area contributed by atoms with Crippen LogP contribution in [0.5, 0.6) is 0 Å². The second kappa shape index (κ2) is 9.35. The number of ketones is 1. The Kier molecular flexibility index (Phi) is 5.98. The standard InChI is InChI=1S/C32H29NO5/c1-18-8-10-21(11-9-18)29(34)19(2)38-32(37)22-12-14-24(15-13-22)33-30(35)27-23-16-25(20-6-4-3-5-7-20)26(17-23)28(27)31(33)36/h3-15,19,23,25-28H,16-17H2,1-2H3/t19-,23-,25-,26-,27+,28+/m1/s1. The second-order valence-corrected chi connectivity index (χ2v) is 10.8. The van der Waals surface area contributed by atoms with E-state index >= 15 is 0 Å². The first-order valence-electron chi connectivity index (χ1n) is 13.2. The van der Waals surface area contributed by atoms with Crippen molar-refractivity contribution in [2.45, 2.75) is 38.7 Å². The Morgan fingerprint density at radius 1 is 0.816 bits per heavy atom. The van der Waals surface area contributed by atoms with Crippen molar-refractivity contribution in [3.63, 3.8) is 0 Å². The molecule has 2 bridgehead atoms. The maximum Gasteiger partial charge on any atom is 0.338 e. The minimum Gasteiger partial charge on any atom is -0.451 e. The predicted octanol–water partition coefficient (Wildman–Crippen LogP) is 5.35. The molecule has 0 unspecified atom stereocenters. The van der Waals surface area contributed by atoms with E-state index in [2.05, 4.69) is 12.1 Å². The normalized spacial score (nSPS) is 26.4. The van der Waals surface area contributed by atoms with Gasteiger partial charge in [-0.15, -0.1) is 0 Å². The fourth-order valence-electron chi connectivity index (χ4n) is 6.78. The summed E-state index contributed by atoms with van der Waals surface area (Å²) in [5, 5.41) is 0. The number of Topliss-reactive ketones (excluding diaryl/α,β-unsaturated/α-hetero) is 1. The smallest absolute Gasteiger partial charge is 0.338 e. The number of amides is 2. The third-order valence-corrected chi connectivity index (χ3v) is 8.59. The van der Waals surface area contributed by atoms with Gasteiger partial charge in [-0.3, -0.25) is 19.3 Å². The van der Waals surface area contributed by atoms with Crippen LogP contribution in [0.4, 0.5) is 5.69 Å². The van der Waals surface area contributed by atoms with Gasteiger partial charge in [0, 0.05) is 5.56 Å². The number of hydrogen-bond donors (Lipinski definition) is 0. The predicted molar refractivity (Wildman–Crippen MR) is 142 cm³/mol. The number of fused-ring (bicyclic) bond motifs is 5. The summed E-state index contributed by atoms with van der Waals surface area (Å²) in [6.45, 7) is 3.48. The number of ether oxygens (including phenoxy) is 1. The second-order valence-electron chi connectivity index (χ2n) is 10.8. The van der Waals surface area contributed by atoms with Gasteiger partial charge in [0.25, 0.3) is 0 Å². The van der Waals surface area contributed by atoms with E-state index in [1.165, 1.54) is 22.6 Å². The first-order chi connectivity index (χ1) is 18.3. The molecule has 0 aromatic heterocycles. The number of carbonyl (C=O) groups excluding carboxylic acids is 4. The summed E-state index contributed by atoms with van der Waals surface area (Å²) in [5.74, 6) is -1.03. The largest absolute Gasteiger partial charge is 0.451 e. The number of rotatable bonds is 6. The minimum absolute atomic E-state index is 0.133. The number of nitrogens with zero attached hydrogens (tertiary/aromatic N) is 1. The SMILES string of the molecule is Cc1ccc(C(=O)[C@@H](C)OC(=O)c2ccc(N3C(=O)[C@H]4[C@H]5C[C@@H]([C@@H]4C3=O)[C@@H](c3ccccc3)C5)cc2)cc1. The maximum atomic E-state index is 13.5. The van der Waals surface area contributed by atoms with E-state index in [4.69, 9.17) is 4.74 Å². The lowest BCUT2D eigenvalue weighted by Gasteiger charge is -2.28. The van der Waals surface area contributed by atoms with Gasteiger partial charge >= 0.3 is 5.97 Å². The highest BCUT2D eigenvalue weighted by Gasteiger charge is 2.64. The van der Waals surface area contributed by atoms with Gasteiger partial charge in [-0.2, -0.15) is 0 Å². The summed E-state index contributed by atoms with van der Waals surface area (Å²) in [6, 6.07) is 23.7. The average molecular weight is 508 g/mol. The molecule has 0 N–H and O–H groups in total. The zero-order chi connectivity index (χ0) is 26.6. The van der Waals surface area contributed by atoms with E-state index in [0.29, 0.717) is 17.2 Å². The van der Waals surface area contributed by atoms with Crippen LogP contribution in [0.25, 0.3) is 0 Å². The van der Waals surface area contributed by atoms with Crippen molar-refractivity contribution in [2.75, 3.05) is 4.90 Å². The molecule has 6 heteroatoms. The molecular weight excluding hydrogens is 478 g/mol. The Balaban J connectivity index is 1.15. The molecule has 6 atom stereocenters. The summed E-state index contributed by atoms with van der Waals surface area (Å²) in [7, 11) is 0. The van der Waals surface area contributed by atoms with Crippen molar-refractivity contribution < 1.29 is 23.9 Å². The number of imide groups is 1. The van der Waals surface area contributed by atoms with Crippen LogP contribution in [0.1, 0.15) is 57.5 Å². The molecule has 38 heavy (non-hydrogen) atoms. The van der Waals surface area contributed by atoms with Crippen LogP contribution in [0.3, 0.4) is 0 Å². The summed E-state index contributed by atoms with van der Waals surface area (Å²) in [6.07, 6.45) is 0.913. The van der Waals surface area contributed by atoms with E-state index in [9.17, 15) is 19.2 Å². The Bertz CT molecular complexity index is 1410. The van der Waals surface area contributed by atoms with Gasteiger partial charge in [0.1, 0.15) is 0 Å². The van der Waals surface area contributed by atoms with E-state index in [1.54, 1.807) is 31.2 Å². The van der Waals surface area contributed by atoms with Crippen molar-refractivity contribution in [3.05, 3.63) is 101 Å². The van der Waals surface area contributed by atoms with Crippen LogP contribution < -0.4 is 4.90 Å². The zero-order valence-electron chi connectivity index (χ0n) is 21.4. The van der Waals surface area contributed by atoms with Crippen molar-refractivity contribution in [2.24, 2.45) is 23.7 Å². The van der Waals surface area contributed by atoms with Crippen LogP contribution in [-0.4, -0.2) is 29.7 Å². The molecule has 3 aromatic carbocycles. The number of esters is 1. The van der Waals surface area contributed by atoms with Crippen molar-refractivity contribution in [1.82, 2.24) is 0 Å². The number of hydrogen-bond acceptors (Lipinski definition) is 5. The molecule has 1 heterocycles. The molecule has 192 valence electrons. The molecule has 0 spiro atoms. The van der Waals surface area contributed by atoms with E-state index in [1.807, 2.05) is 37.3 Å². The molecule has 3 aromatic rings. The van der Waals surface area contributed by atoms with Gasteiger partial charge in [0.05, 0.1) is 23.1 Å². The molecule has 1 saturated heterocycles. The number of aryl methyl sites for hydroxylation is 1. The Morgan fingerprint density at radius 2 is 1.45 bits per heavy atom. The van der Waals surface area contributed by atoms with Crippen LogP contribution in [0.2, 0.25) is 0 Å². The van der Waals surface area contributed by atoms with Crippen LogP contribution in [0.15, 0.2) is 78.9 Å². The molecular formula is C32H29NO5. The summed E-state index contributed by atoms with van der Waals surface area (Å²) < 4.78 is 5.41. The molecule has 3 fully saturated rings. The first kappa shape index (κ1) is 24.3. The van der Waals surface area contributed by atoms with Gasteiger partial charge in [-0.05, 0) is 74.3 Å². The van der Waals surface area contributed by atoms with E-state index < -0.39 is 12.1 Å². The van der Waals surface area contributed by atoms with Crippen molar-refractivity contribution in [1.29, 1.82) is 0 Å². The lowest BCUT2D eigenvalue weighted by Crippen LogP contribution is -2.33. The highest BCUT2D eigenvalue weighted by Crippen LogP contribution is 2.61. The van der Waals surface area contributed by atoms with Crippen LogP contribution in [0, 0.1) is 30.6 Å². The first-order valence-corrected chi connectivity index (χ1v) is 13.2. The number of benzene rings is 3. The topological polar surface area (TPSA) is 80.8 Å². The van der Waals surface area contributed by atoms with Gasteiger partial charge in [0.2, 0.25) is 17.6 Å². The van der Waals surface area contributed by atoms with Gasteiger partial charge in [0.15, 0.2) is 6.10 Å². The quantitative estimate of drug-likeness (QED) is 0.255. The lowest BCUT2D eigenvalue weighted by molar-refractivity contribution is -0.123. The van der Waals surface area contributed by atoms with Crippen LogP contribution in [-0.2, 0) is 14.3 Å². The Hall–Kier alpha value is -4.06. The van der Waals surface area contributed by atoms with Crippen LogP contribution >= 0.6 is 0 Å². The van der Waals surface area contributed by atoms with E-state index in [0.717, 1.165) is 18.4 Å². The molecule has 0 radical (unpaired) electrons. The highest BCUT2D eigenvalue weighted by atomic mass is 16.5. The molecule has 2 saturated carbocycles. The maximum absolute atomic E-state index is 13.5. The molecule has 6 nitrogen and oxygen atoms in total. The number of carbonyl (C=O) groups is 4. The highest BCUT2D eigenvalue weighted by molar-refractivity contribution is 6.22. The lowest BCUT2D eigenvalue weighted by atomic mass is 9.73. The third kappa shape index (κ3) is 3.95.